The Morgan fingerprint density at radius 2 is 2.12 bits per heavy atom. The van der Waals surface area contributed by atoms with Gasteiger partial charge in [0.1, 0.15) is 11.3 Å². The average Bonchev–Trinajstić information content (AvgIpc) is 2.14. The van der Waals surface area contributed by atoms with E-state index < -0.39 is 23.0 Å². The van der Waals surface area contributed by atoms with E-state index in [0.717, 1.165) is 19.1 Å². The number of ketones is 1. The van der Waals surface area contributed by atoms with Crippen molar-refractivity contribution in [1.29, 1.82) is 0 Å². The van der Waals surface area contributed by atoms with Gasteiger partial charge in [-0.1, -0.05) is 0 Å². The molecule has 92 valence electrons. The van der Waals surface area contributed by atoms with Crippen LogP contribution in [-0.2, 0) is 0 Å². The summed E-state index contributed by atoms with van der Waals surface area (Å²) in [6, 6.07) is 1.96. The van der Waals surface area contributed by atoms with E-state index in [4.69, 9.17) is 0 Å². The Labute approximate surface area is 108 Å². The van der Waals surface area contributed by atoms with E-state index in [1.807, 2.05) is 0 Å². The van der Waals surface area contributed by atoms with Crippen LogP contribution in [0.3, 0.4) is 0 Å². The van der Waals surface area contributed by atoms with Crippen molar-refractivity contribution >= 4 is 34.1 Å². The van der Waals surface area contributed by atoms with Gasteiger partial charge in [-0.25, -0.2) is 0 Å². The Morgan fingerprint density at radius 1 is 1.53 bits per heavy atom. The van der Waals surface area contributed by atoms with Gasteiger partial charge in [0, 0.05) is 3.57 Å². The van der Waals surface area contributed by atoms with Gasteiger partial charge in [0.25, 0.3) is 5.69 Å². The van der Waals surface area contributed by atoms with Crippen LogP contribution in [-0.4, -0.2) is 17.3 Å². The number of hydrogen-bond donors (Lipinski definition) is 0. The van der Waals surface area contributed by atoms with Crippen LogP contribution in [0.2, 0.25) is 0 Å². The summed E-state index contributed by atoms with van der Waals surface area (Å²) in [5.74, 6) is -0.856. The zero-order chi connectivity index (χ0) is 13.2. The third kappa shape index (κ3) is 3.32. The Morgan fingerprint density at radius 3 is 2.53 bits per heavy atom. The van der Waals surface area contributed by atoms with E-state index in [0.29, 0.717) is 0 Å². The van der Waals surface area contributed by atoms with Crippen LogP contribution in [0.15, 0.2) is 12.1 Å². The lowest BCUT2D eigenvalue weighted by atomic mass is 10.1. The van der Waals surface area contributed by atoms with E-state index in [1.54, 1.807) is 22.6 Å². The number of carbonyl (C=O) groups excluding carboxylic acids is 1. The largest absolute Gasteiger partial charge is 0.435 e. The van der Waals surface area contributed by atoms with Crippen molar-refractivity contribution in [3.8, 4) is 5.75 Å². The van der Waals surface area contributed by atoms with E-state index in [9.17, 15) is 23.7 Å². The summed E-state index contributed by atoms with van der Waals surface area (Å²) in [6.07, 6.45) is 0. The second kappa shape index (κ2) is 5.34. The number of ether oxygens (including phenoxy) is 1. The van der Waals surface area contributed by atoms with Crippen LogP contribution in [0.25, 0.3) is 0 Å². The van der Waals surface area contributed by atoms with Gasteiger partial charge in [0.2, 0.25) is 0 Å². The van der Waals surface area contributed by atoms with E-state index >= 15 is 0 Å². The minimum Gasteiger partial charge on any atom is -0.435 e. The first-order chi connectivity index (χ1) is 7.82. The standard InChI is InChI=1S/C9H6F2INO4/c1-4(14)8-6(12)2-5(17-9(10)11)3-7(8)13(15)16/h2-3,9H,1H3. The lowest BCUT2D eigenvalue weighted by Crippen LogP contribution is -2.07. The third-order valence-corrected chi connectivity index (χ3v) is 2.67. The van der Waals surface area contributed by atoms with Crippen molar-refractivity contribution in [2.24, 2.45) is 0 Å². The van der Waals surface area contributed by atoms with Crippen LogP contribution >= 0.6 is 22.6 Å². The fraction of sp³-hybridized carbons (Fsp3) is 0.222. The van der Waals surface area contributed by atoms with Crippen molar-refractivity contribution < 1.29 is 23.2 Å². The number of nitrogens with zero attached hydrogens (tertiary/aromatic N) is 1. The number of Topliss-reactive ketones (excluding diaryl/α,β-unsaturated/α-hetero) is 1. The van der Waals surface area contributed by atoms with Gasteiger partial charge < -0.3 is 4.74 Å². The quantitative estimate of drug-likeness (QED) is 0.360. The van der Waals surface area contributed by atoms with Crippen LogP contribution in [0.5, 0.6) is 5.75 Å². The van der Waals surface area contributed by atoms with Gasteiger partial charge in [0.05, 0.1) is 11.0 Å². The molecular formula is C9H6F2INO4. The topological polar surface area (TPSA) is 69.4 Å². The maximum Gasteiger partial charge on any atom is 0.387 e. The van der Waals surface area contributed by atoms with Gasteiger partial charge in [-0.15, -0.1) is 0 Å². The van der Waals surface area contributed by atoms with E-state index in [2.05, 4.69) is 4.74 Å². The molecule has 0 atom stereocenters. The first kappa shape index (κ1) is 13.7. The maximum atomic E-state index is 12.0. The molecule has 0 unspecified atom stereocenters. The van der Waals surface area contributed by atoms with Crippen molar-refractivity contribution in [3.05, 3.63) is 31.4 Å². The lowest BCUT2D eigenvalue weighted by Gasteiger charge is -2.07. The number of hydrogen-bond acceptors (Lipinski definition) is 4. The molecule has 0 fully saturated rings. The maximum absolute atomic E-state index is 12.0. The van der Waals surface area contributed by atoms with Gasteiger partial charge >= 0.3 is 6.61 Å². The second-order valence-corrected chi connectivity index (χ2v) is 4.15. The van der Waals surface area contributed by atoms with Crippen molar-refractivity contribution in [2.45, 2.75) is 13.5 Å². The van der Waals surface area contributed by atoms with E-state index in [1.165, 1.54) is 0 Å². The first-order valence-electron chi connectivity index (χ1n) is 4.26. The second-order valence-electron chi connectivity index (χ2n) is 2.99. The third-order valence-electron chi connectivity index (χ3n) is 1.82. The Bertz CT molecular complexity index is 478. The highest BCUT2D eigenvalue weighted by Gasteiger charge is 2.23. The number of carbonyl (C=O) groups is 1. The summed E-state index contributed by atoms with van der Waals surface area (Å²) in [6.45, 7) is -1.91. The minimum absolute atomic E-state index is 0.114. The highest BCUT2D eigenvalue weighted by Crippen LogP contribution is 2.30. The number of nitro benzene ring substituents is 1. The van der Waals surface area contributed by atoms with Crippen LogP contribution < -0.4 is 4.74 Å². The van der Waals surface area contributed by atoms with Crippen LogP contribution in [0, 0.1) is 13.7 Å². The number of nitro groups is 1. The van der Waals surface area contributed by atoms with E-state index in [-0.39, 0.29) is 14.9 Å². The summed E-state index contributed by atoms with van der Waals surface area (Å²) in [5, 5.41) is 10.7. The van der Waals surface area contributed by atoms with Crippen molar-refractivity contribution in [2.75, 3.05) is 0 Å². The van der Waals surface area contributed by atoms with Crippen LogP contribution in [0.1, 0.15) is 17.3 Å². The zero-order valence-electron chi connectivity index (χ0n) is 8.45. The molecule has 0 bridgehead atoms. The average molecular weight is 357 g/mol. The fourth-order valence-electron chi connectivity index (χ4n) is 1.23. The van der Waals surface area contributed by atoms with Crippen molar-refractivity contribution in [1.82, 2.24) is 0 Å². The molecule has 17 heavy (non-hydrogen) atoms. The number of benzene rings is 1. The molecule has 8 heteroatoms. The molecular weight excluding hydrogens is 351 g/mol. The lowest BCUT2D eigenvalue weighted by molar-refractivity contribution is -0.385. The van der Waals surface area contributed by atoms with Gasteiger partial charge in [0.15, 0.2) is 5.78 Å². The molecule has 1 aromatic carbocycles. The highest BCUT2D eigenvalue weighted by atomic mass is 127. The summed E-state index contributed by atoms with van der Waals surface area (Å²) in [4.78, 5) is 21.1. The Balaban J connectivity index is 3.36. The molecule has 0 aliphatic rings. The zero-order valence-corrected chi connectivity index (χ0v) is 10.6. The molecule has 0 aliphatic heterocycles. The Hall–Kier alpha value is -1.32. The monoisotopic (exact) mass is 357 g/mol. The predicted molar refractivity (Wildman–Crippen MR) is 62.4 cm³/mol. The summed E-state index contributed by atoms with van der Waals surface area (Å²) in [5.41, 5.74) is -0.655. The molecule has 0 heterocycles. The molecule has 0 spiro atoms. The molecule has 0 saturated heterocycles. The molecule has 0 radical (unpaired) electrons. The molecule has 0 saturated carbocycles. The molecule has 0 N–H and O–H groups in total. The van der Waals surface area contributed by atoms with Crippen LogP contribution in [0.4, 0.5) is 14.5 Å². The summed E-state index contributed by atoms with van der Waals surface area (Å²) >= 11 is 1.66. The SMILES string of the molecule is CC(=O)c1c(I)cc(OC(F)F)cc1[N+](=O)[O-]. The van der Waals surface area contributed by atoms with Crippen molar-refractivity contribution in [3.63, 3.8) is 0 Å². The predicted octanol–water partition coefficient (Wildman–Crippen LogP) is 3.00. The number of alkyl halides is 2. The highest BCUT2D eigenvalue weighted by molar-refractivity contribution is 14.1. The van der Waals surface area contributed by atoms with Gasteiger partial charge in [-0.2, -0.15) is 8.78 Å². The molecule has 0 aromatic heterocycles. The van der Waals surface area contributed by atoms with Gasteiger partial charge in [-0.05, 0) is 35.6 Å². The minimum atomic E-state index is -3.08. The number of halogens is 3. The summed E-state index contributed by atoms with van der Waals surface area (Å²) < 4.78 is 28.2. The molecule has 5 nitrogen and oxygen atoms in total. The number of rotatable bonds is 4. The Kier molecular flexibility index (Phi) is 4.32. The molecule has 1 rings (SSSR count). The first-order valence-corrected chi connectivity index (χ1v) is 5.34. The molecule has 0 amide bonds. The smallest absolute Gasteiger partial charge is 0.387 e. The van der Waals surface area contributed by atoms with Gasteiger partial charge in [-0.3, -0.25) is 14.9 Å². The fourth-order valence-corrected chi connectivity index (χ4v) is 2.19. The molecule has 1 aromatic rings. The summed E-state index contributed by atoms with van der Waals surface area (Å²) in [7, 11) is 0. The normalized spacial score (nSPS) is 10.4. The molecule has 0 aliphatic carbocycles.